The van der Waals surface area contributed by atoms with E-state index in [1.165, 1.54) is 0 Å². The van der Waals surface area contributed by atoms with Gasteiger partial charge in [-0.3, -0.25) is 9.78 Å². The molecule has 1 aromatic heterocycles. The molecule has 0 aliphatic rings. The maximum Gasteiger partial charge on any atom is 0.241 e. The Hall–Kier alpha value is -1.46. The van der Waals surface area contributed by atoms with Crippen LogP contribution in [0.15, 0.2) is 34.9 Å². The molecule has 2 rings (SSSR count). The van der Waals surface area contributed by atoms with Crippen LogP contribution in [0.5, 0.6) is 0 Å². The van der Waals surface area contributed by atoms with Gasteiger partial charge in [0.1, 0.15) is 0 Å². The fraction of sp³-hybridized carbons (Fsp3) is 0.286. The van der Waals surface area contributed by atoms with Gasteiger partial charge in [-0.2, -0.15) is 0 Å². The van der Waals surface area contributed by atoms with Gasteiger partial charge in [-0.15, -0.1) is 0 Å². The van der Waals surface area contributed by atoms with Gasteiger partial charge in [0.2, 0.25) is 5.91 Å². The van der Waals surface area contributed by atoms with Gasteiger partial charge in [-0.25, -0.2) is 0 Å². The number of rotatable bonds is 3. The van der Waals surface area contributed by atoms with Crippen LogP contribution in [0.25, 0.3) is 10.9 Å². The van der Waals surface area contributed by atoms with Crippen LogP contribution in [-0.4, -0.2) is 16.9 Å². The van der Waals surface area contributed by atoms with Gasteiger partial charge in [0.05, 0.1) is 17.2 Å². The first-order chi connectivity index (χ1) is 8.99. The average Bonchev–Trinajstić information content (AvgIpc) is 2.37. The number of hydrogen-bond donors (Lipinski definition) is 2. The molecular formula is C14H16BrN3O. The number of aromatic nitrogens is 1. The van der Waals surface area contributed by atoms with E-state index in [9.17, 15) is 4.79 Å². The van der Waals surface area contributed by atoms with Gasteiger partial charge in [0.25, 0.3) is 0 Å². The van der Waals surface area contributed by atoms with Crippen molar-refractivity contribution < 1.29 is 4.79 Å². The highest BCUT2D eigenvalue weighted by Crippen LogP contribution is 2.24. The molecule has 0 aliphatic carbocycles. The van der Waals surface area contributed by atoms with E-state index in [-0.39, 0.29) is 11.8 Å². The average molecular weight is 322 g/mol. The monoisotopic (exact) mass is 321 g/mol. The predicted molar refractivity (Wildman–Crippen MR) is 80.9 cm³/mol. The molecule has 5 heteroatoms. The maximum absolute atomic E-state index is 12.0. The minimum atomic E-state index is -0.522. The van der Waals surface area contributed by atoms with Crippen LogP contribution in [0.4, 0.5) is 5.69 Å². The molecule has 1 aromatic carbocycles. The zero-order valence-corrected chi connectivity index (χ0v) is 12.4. The zero-order valence-electron chi connectivity index (χ0n) is 10.9. The lowest BCUT2D eigenvalue weighted by Crippen LogP contribution is -2.39. The van der Waals surface area contributed by atoms with E-state index in [4.69, 9.17) is 5.73 Å². The molecular weight excluding hydrogens is 306 g/mol. The quantitative estimate of drug-likeness (QED) is 0.913. The van der Waals surface area contributed by atoms with Crippen LogP contribution in [0.1, 0.15) is 13.8 Å². The predicted octanol–water partition coefficient (Wildman–Crippen LogP) is 2.92. The van der Waals surface area contributed by atoms with E-state index in [2.05, 4.69) is 26.2 Å². The molecule has 3 N–H and O–H groups in total. The fourth-order valence-corrected chi connectivity index (χ4v) is 2.10. The van der Waals surface area contributed by atoms with Crippen LogP contribution in [0.2, 0.25) is 0 Å². The Balaban J connectivity index is 2.33. The molecule has 0 spiro atoms. The lowest BCUT2D eigenvalue weighted by molar-refractivity contribution is -0.118. The Kier molecular flexibility index (Phi) is 4.17. The number of benzene rings is 1. The second-order valence-electron chi connectivity index (χ2n) is 4.79. The number of amides is 1. The number of nitrogens with one attached hydrogen (secondary N) is 1. The molecule has 1 atom stereocenters. The van der Waals surface area contributed by atoms with E-state index >= 15 is 0 Å². The van der Waals surface area contributed by atoms with E-state index < -0.39 is 6.04 Å². The highest BCUT2D eigenvalue weighted by molar-refractivity contribution is 9.10. The summed E-state index contributed by atoms with van der Waals surface area (Å²) in [5.74, 6) is -0.0932. The molecule has 0 radical (unpaired) electrons. The van der Waals surface area contributed by atoms with Crippen LogP contribution in [0, 0.1) is 5.92 Å². The maximum atomic E-state index is 12.0. The van der Waals surface area contributed by atoms with Crippen molar-refractivity contribution in [3.8, 4) is 0 Å². The van der Waals surface area contributed by atoms with Crippen molar-refractivity contribution >= 4 is 38.4 Å². The molecule has 2 aromatic rings. The summed E-state index contributed by atoms with van der Waals surface area (Å²) in [6.07, 6.45) is 1.71. The van der Waals surface area contributed by atoms with Crippen molar-refractivity contribution in [2.45, 2.75) is 19.9 Å². The molecule has 0 saturated carbocycles. The number of halogens is 1. The minimum absolute atomic E-state index is 0.0945. The molecule has 4 nitrogen and oxygen atoms in total. The zero-order chi connectivity index (χ0) is 14.0. The SMILES string of the molecule is CC(C)[C@H](N)C(=O)Nc1cccc2cc(Br)cnc12. The highest BCUT2D eigenvalue weighted by Gasteiger charge is 2.18. The third-order valence-corrected chi connectivity index (χ3v) is 3.39. The third kappa shape index (κ3) is 3.11. The van der Waals surface area contributed by atoms with E-state index in [1.54, 1.807) is 6.20 Å². The Labute approximate surface area is 120 Å². The fourth-order valence-electron chi connectivity index (χ4n) is 1.75. The van der Waals surface area contributed by atoms with Crippen molar-refractivity contribution in [2.75, 3.05) is 5.32 Å². The summed E-state index contributed by atoms with van der Waals surface area (Å²) in [4.78, 5) is 16.3. The van der Waals surface area contributed by atoms with Gasteiger partial charge < -0.3 is 11.1 Å². The van der Waals surface area contributed by atoms with Crippen molar-refractivity contribution in [3.63, 3.8) is 0 Å². The van der Waals surface area contributed by atoms with E-state index in [0.29, 0.717) is 5.69 Å². The molecule has 100 valence electrons. The number of carbonyl (C=O) groups excluding carboxylic acids is 1. The first kappa shape index (κ1) is 14.0. The Morgan fingerprint density at radius 1 is 1.42 bits per heavy atom. The minimum Gasteiger partial charge on any atom is -0.323 e. The molecule has 0 fully saturated rings. The van der Waals surface area contributed by atoms with Crippen molar-refractivity contribution in [1.29, 1.82) is 0 Å². The number of nitrogens with zero attached hydrogens (tertiary/aromatic N) is 1. The summed E-state index contributed by atoms with van der Waals surface area (Å²) in [6.45, 7) is 3.84. The second-order valence-corrected chi connectivity index (χ2v) is 5.71. The third-order valence-electron chi connectivity index (χ3n) is 2.96. The second kappa shape index (κ2) is 5.67. The summed E-state index contributed by atoms with van der Waals surface area (Å²) < 4.78 is 0.905. The molecule has 1 heterocycles. The Morgan fingerprint density at radius 2 is 2.16 bits per heavy atom. The van der Waals surface area contributed by atoms with Crippen LogP contribution in [-0.2, 0) is 4.79 Å². The summed E-state index contributed by atoms with van der Waals surface area (Å²) >= 11 is 3.38. The van der Waals surface area contributed by atoms with Gasteiger partial charge >= 0.3 is 0 Å². The number of nitrogens with two attached hydrogens (primary N) is 1. The van der Waals surface area contributed by atoms with Gasteiger partial charge in [0.15, 0.2) is 0 Å². The number of carbonyl (C=O) groups is 1. The number of para-hydroxylation sites is 1. The Morgan fingerprint density at radius 3 is 2.84 bits per heavy atom. The number of hydrogen-bond acceptors (Lipinski definition) is 3. The van der Waals surface area contributed by atoms with Crippen LogP contribution in [0.3, 0.4) is 0 Å². The summed E-state index contributed by atoms with van der Waals surface area (Å²) in [6, 6.07) is 7.10. The number of fused-ring (bicyclic) bond motifs is 1. The summed E-state index contributed by atoms with van der Waals surface area (Å²) in [5.41, 5.74) is 7.28. The molecule has 19 heavy (non-hydrogen) atoms. The molecule has 0 bridgehead atoms. The van der Waals surface area contributed by atoms with Crippen LogP contribution >= 0.6 is 15.9 Å². The van der Waals surface area contributed by atoms with E-state index in [0.717, 1.165) is 15.4 Å². The summed E-state index contributed by atoms with van der Waals surface area (Å²) in [7, 11) is 0. The van der Waals surface area contributed by atoms with Crippen molar-refractivity contribution in [2.24, 2.45) is 11.7 Å². The van der Waals surface area contributed by atoms with Crippen LogP contribution < -0.4 is 11.1 Å². The standard InChI is InChI=1S/C14H16BrN3O/c1-8(2)12(16)14(19)18-11-5-3-4-9-6-10(15)7-17-13(9)11/h3-8,12H,16H2,1-2H3,(H,18,19)/t12-/m0/s1. The largest absolute Gasteiger partial charge is 0.323 e. The summed E-state index contributed by atoms with van der Waals surface area (Å²) in [5, 5.41) is 3.81. The normalized spacial score (nSPS) is 12.7. The first-order valence-corrected chi connectivity index (χ1v) is 6.89. The Bertz CT molecular complexity index is 613. The molecule has 0 unspecified atom stereocenters. The molecule has 0 saturated heterocycles. The van der Waals surface area contributed by atoms with Gasteiger partial charge in [-0.05, 0) is 34.0 Å². The molecule has 1 amide bonds. The lowest BCUT2D eigenvalue weighted by Gasteiger charge is -2.16. The first-order valence-electron chi connectivity index (χ1n) is 6.09. The smallest absolute Gasteiger partial charge is 0.241 e. The number of anilines is 1. The van der Waals surface area contributed by atoms with Crippen molar-refractivity contribution in [1.82, 2.24) is 4.98 Å². The lowest BCUT2D eigenvalue weighted by atomic mass is 10.0. The van der Waals surface area contributed by atoms with Gasteiger partial charge in [-0.1, -0.05) is 26.0 Å². The highest BCUT2D eigenvalue weighted by atomic mass is 79.9. The van der Waals surface area contributed by atoms with E-state index in [1.807, 2.05) is 38.1 Å². The van der Waals surface area contributed by atoms with Crippen molar-refractivity contribution in [3.05, 3.63) is 34.9 Å². The number of pyridine rings is 1. The topological polar surface area (TPSA) is 68.0 Å². The molecule has 0 aliphatic heterocycles. The van der Waals surface area contributed by atoms with Gasteiger partial charge in [0, 0.05) is 16.1 Å².